The summed E-state index contributed by atoms with van der Waals surface area (Å²) in [6, 6.07) is 7.89. The minimum absolute atomic E-state index is 0.111. The quantitative estimate of drug-likeness (QED) is 0.772. The molecule has 0 saturated heterocycles. The predicted molar refractivity (Wildman–Crippen MR) is 96.6 cm³/mol. The Kier molecular flexibility index (Phi) is 6.33. The fourth-order valence-electron chi connectivity index (χ4n) is 2.61. The van der Waals surface area contributed by atoms with E-state index in [4.69, 9.17) is 15.2 Å². The van der Waals surface area contributed by atoms with Gasteiger partial charge in [-0.25, -0.2) is 14.8 Å². The van der Waals surface area contributed by atoms with Gasteiger partial charge in [-0.3, -0.25) is 0 Å². The van der Waals surface area contributed by atoms with E-state index >= 15 is 0 Å². The Morgan fingerprint density at radius 3 is 2.64 bits per heavy atom. The number of anilines is 1. The van der Waals surface area contributed by atoms with Crippen LogP contribution in [0.4, 0.5) is 5.95 Å². The van der Waals surface area contributed by atoms with Crippen LogP contribution in [0.25, 0.3) is 0 Å². The normalized spacial score (nSPS) is 11.8. The Bertz CT molecular complexity index is 747. The van der Waals surface area contributed by atoms with Crippen molar-refractivity contribution < 1.29 is 14.3 Å². The Labute approximate surface area is 148 Å². The van der Waals surface area contributed by atoms with Crippen LogP contribution in [0.3, 0.4) is 0 Å². The molecular weight excluding hydrogens is 318 g/mol. The van der Waals surface area contributed by atoms with Crippen molar-refractivity contribution in [1.29, 1.82) is 0 Å². The number of nitrogens with two attached hydrogens (primary N) is 1. The van der Waals surface area contributed by atoms with Crippen LogP contribution >= 0.6 is 0 Å². The molecule has 25 heavy (non-hydrogen) atoms. The SMILES string of the molecule is CCOC(=O)c1c(C)nc(N)nc1COc1ccccc1C(C)CC. The van der Waals surface area contributed by atoms with E-state index in [0.717, 1.165) is 17.7 Å². The number of ether oxygens (including phenoxy) is 2. The monoisotopic (exact) mass is 343 g/mol. The maximum atomic E-state index is 12.2. The third-order valence-corrected chi connectivity index (χ3v) is 4.09. The number of carbonyl (C=O) groups excluding carboxylic acids is 1. The van der Waals surface area contributed by atoms with Gasteiger partial charge < -0.3 is 15.2 Å². The molecule has 6 nitrogen and oxygen atoms in total. The Hall–Kier alpha value is -2.63. The number of nitrogens with zero attached hydrogens (tertiary/aromatic N) is 2. The largest absolute Gasteiger partial charge is 0.487 e. The molecule has 0 amide bonds. The highest BCUT2D eigenvalue weighted by atomic mass is 16.5. The van der Waals surface area contributed by atoms with E-state index in [1.807, 2.05) is 18.2 Å². The molecule has 1 atom stereocenters. The highest BCUT2D eigenvalue weighted by Crippen LogP contribution is 2.29. The number of para-hydroxylation sites is 1. The maximum absolute atomic E-state index is 12.2. The van der Waals surface area contributed by atoms with E-state index < -0.39 is 5.97 Å². The fourth-order valence-corrected chi connectivity index (χ4v) is 2.61. The van der Waals surface area contributed by atoms with E-state index in [9.17, 15) is 4.79 Å². The second-order valence-electron chi connectivity index (χ2n) is 5.85. The summed E-state index contributed by atoms with van der Waals surface area (Å²) in [4.78, 5) is 20.5. The summed E-state index contributed by atoms with van der Waals surface area (Å²) in [7, 11) is 0. The summed E-state index contributed by atoms with van der Waals surface area (Å²) >= 11 is 0. The Balaban J connectivity index is 2.31. The number of hydrogen-bond acceptors (Lipinski definition) is 6. The summed E-state index contributed by atoms with van der Waals surface area (Å²) in [5.74, 6) is 0.799. The molecule has 0 radical (unpaired) electrons. The minimum Gasteiger partial charge on any atom is -0.487 e. The lowest BCUT2D eigenvalue weighted by Gasteiger charge is -2.17. The molecule has 0 bridgehead atoms. The van der Waals surface area contributed by atoms with Crippen molar-refractivity contribution in [2.75, 3.05) is 12.3 Å². The predicted octanol–water partition coefficient (Wildman–Crippen LogP) is 3.64. The molecule has 0 spiro atoms. The number of aryl methyl sites for hydroxylation is 1. The molecule has 1 unspecified atom stereocenters. The second kappa shape index (κ2) is 8.46. The third-order valence-electron chi connectivity index (χ3n) is 4.09. The lowest BCUT2D eigenvalue weighted by Crippen LogP contribution is -2.16. The molecule has 6 heteroatoms. The second-order valence-corrected chi connectivity index (χ2v) is 5.85. The molecule has 134 valence electrons. The molecule has 2 aromatic rings. The van der Waals surface area contributed by atoms with Crippen molar-refractivity contribution in [2.45, 2.75) is 46.6 Å². The minimum atomic E-state index is -0.464. The molecule has 0 fully saturated rings. The van der Waals surface area contributed by atoms with Crippen LogP contribution in [0.15, 0.2) is 24.3 Å². The first-order valence-electron chi connectivity index (χ1n) is 8.49. The van der Waals surface area contributed by atoms with Crippen molar-refractivity contribution in [3.63, 3.8) is 0 Å². The molecule has 0 aliphatic heterocycles. The van der Waals surface area contributed by atoms with Gasteiger partial charge in [0.25, 0.3) is 0 Å². The summed E-state index contributed by atoms with van der Waals surface area (Å²) < 4.78 is 11.1. The molecule has 1 aromatic heterocycles. The topological polar surface area (TPSA) is 87.3 Å². The summed E-state index contributed by atoms with van der Waals surface area (Å²) in [6.45, 7) is 8.15. The molecule has 0 saturated carbocycles. The zero-order chi connectivity index (χ0) is 18.4. The first-order valence-corrected chi connectivity index (χ1v) is 8.49. The number of aromatic nitrogens is 2. The summed E-state index contributed by atoms with van der Waals surface area (Å²) in [5, 5.41) is 0. The number of nitrogen functional groups attached to an aromatic ring is 1. The summed E-state index contributed by atoms with van der Waals surface area (Å²) in [5.41, 5.74) is 8.10. The Morgan fingerprint density at radius 2 is 1.96 bits per heavy atom. The highest BCUT2D eigenvalue weighted by molar-refractivity contribution is 5.91. The van der Waals surface area contributed by atoms with Crippen LogP contribution in [-0.4, -0.2) is 22.5 Å². The van der Waals surface area contributed by atoms with Crippen molar-refractivity contribution in [3.8, 4) is 5.75 Å². The van der Waals surface area contributed by atoms with Gasteiger partial charge in [0.1, 0.15) is 17.9 Å². The molecule has 2 rings (SSSR count). The molecular formula is C19H25N3O3. The zero-order valence-electron chi connectivity index (χ0n) is 15.2. The zero-order valence-corrected chi connectivity index (χ0v) is 15.2. The number of hydrogen-bond donors (Lipinski definition) is 1. The maximum Gasteiger partial charge on any atom is 0.341 e. The average molecular weight is 343 g/mol. The van der Waals surface area contributed by atoms with Gasteiger partial charge in [-0.15, -0.1) is 0 Å². The van der Waals surface area contributed by atoms with Gasteiger partial charge in [0, 0.05) is 0 Å². The van der Waals surface area contributed by atoms with Crippen LogP contribution in [0.5, 0.6) is 5.75 Å². The van der Waals surface area contributed by atoms with E-state index in [1.54, 1.807) is 13.8 Å². The molecule has 1 heterocycles. The van der Waals surface area contributed by atoms with Crippen LogP contribution < -0.4 is 10.5 Å². The van der Waals surface area contributed by atoms with Gasteiger partial charge >= 0.3 is 5.97 Å². The van der Waals surface area contributed by atoms with Crippen LogP contribution in [0, 0.1) is 6.92 Å². The molecule has 0 aliphatic rings. The summed E-state index contributed by atoms with van der Waals surface area (Å²) in [6.07, 6.45) is 1.01. The van der Waals surface area contributed by atoms with Gasteiger partial charge in [0.2, 0.25) is 5.95 Å². The Morgan fingerprint density at radius 1 is 1.24 bits per heavy atom. The number of rotatable bonds is 7. The van der Waals surface area contributed by atoms with Crippen molar-refractivity contribution >= 4 is 11.9 Å². The van der Waals surface area contributed by atoms with Crippen molar-refractivity contribution in [1.82, 2.24) is 9.97 Å². The van der Waals surface area contributed by atoms with Gasteiger partial charge in [0.05, 0.1) is 18.0 Å². The highest BCUT2D eigenvalue weighted by Gasteiger charge is 2.20. The van der Waals surface area contributed by atoms with Crippen LogP contribution in [0.1, 0.15) is 60.4 Å². The van der Waals surface area contributed by atoms with Gasteiger partial charge in [-0.2, -0.15) is 0 Å². The van der Waals surface area contributed by atoms with Gasteiger partial charge in [0.15, 0.2) is 0 Å². The van der Waals surface area contributed by atoms with Crippen LogP contribution in [-0.2, 0) is 11.3 Å². The van der Waals surface area contributed by atoms with Crippen LogP contribution in [0.2, 0.25) is 0 Å². The fraction of sp³-hybridized carbons (Fsp3) is 0.421. The standard InChI is InChI=1S/C19H25N3O3/c1-5-12(3)14-9-7-8-10-16(14)25-11-15-17(18(23)24-6-2)13(4)21-19(20)22-15/h7-10,12H,5-6,11H2,1-4H3,(H2,20,21,22). The van der Waals surface area contributed by atoms with Crippen molar-refractivity contribution in [3.05, 3.63) is 46.8 Å². The average Bonchev–Trinajstić information content (AvgIpc) is 2.59. The van der Waals surface area contributed by atoms with E-state index in [1.165, 1.54) is 0 Å². The number of esters is 1. The van der Waals surface area contributed by atoms with E-state index in [0.29, 0.717) is 22.9 Å². The lowest BCUT2D eigenvalue weighted by atomic mass is 9.98. The first-order chi connectivity index (χ1) is 12.0. The van der Waals surface area contributed by atoms with Crippen molar-refractivity contribution in [2.24, 2.45) is 0 Å². The number of carbonyl (C=O) groups is 1. The van der Waals surface area contributed by atoms with Gasteiger partial charge in [-0.1, -0.05) is 32.0 Å². The lowest BCUT2D eigenvalue weighted by molar-refractivity contribution is 0.0521. The third kappa shape index (κ3) is 4.47. The molecule has 1 aromatic carbocycles. The van der Waals surface area contributed by atoms with E-state index in [-0.39, 0.29) is 19.2 Å². The smallest absolute Gasteiger partial charge is 0.341 e. The number of benzene rings is 1. The molecule has 0 aliphatic carbocycles. The van der Waals surface area contributed by atoms with Gasteiger partial charge in [-0.05, 0) is 37.8 Å². The first kappa shape index (κ1) is 18.7. The van der Waals surface area contributed by atoms with E-state index in [2.05, 4.69) is 29.9 Å². The molecule has 2 N–H and O–H groups in total.